The summed E-state index contributed by atoms with van der Waals surface area (Å²) in [6, 6.07) is 15.8. The van der Waals surface area contributed by atoms with E-state index in [0.29, 0.717) is 16.9 Å². The van der Waals surface area contributed by atoms with E-state index >= 15 is 0 Å². The molecule has 8 nitrogen and oxygen atoms in total. The Morgan fingerprint density at radius 1 is 0.950 bits per heavy atom. The highest BCUT2D eigenvalue weighted by Gasteiger charge is 2.64. The molecule has 2 aliphatic rings. The normalized spacial score (nSPS) is 22.3. The number of benzene rings is 2. The Morgan fingerprint density at radius 3 is 2.10 bits per heavy atom. The Bertz CT molecular complexity index is 1210. The summed E-state index contributed by atoms with van der Waals surface area (Å²) in [5, 5.41) is 6.13. The minimum atomic E-state index is -1.33. The summed E-state index contributed by atoms with van der Waals surface area (Å²) < 4.78 is 10.8. The number of carbonyl (C=O) groups is 3. The first-order chi connectivity index (χ1) is 19.0. The number of quaternary nitrogens is 1. The summed E-state index contributed by atoms with van der Waals surface area (Å²) in [6.07, 6.45) is 1.32. The van der Waals surface area contributed by atoms with Crippen molar-refractivity contribution in [3.8, 4) is 0 Å². The van der Waals surface area contributed by atoms with Gasteiger partial charge in [-0.05, 0) is 65.7 Å². The predicted octanol–water partition coefficient (Wildman–Crippen LogP) is 3.35. The third-order valence-electron chi connectivity index (χ3n) is 7.36. The zero-order valence-corrected chi connectivity index (χ0v) is 24.8. The third-order valence-corrected chi connectivity index (χ3v) is 7.36. The fourth-order valence-electron chi connectivity index (χ4n) is 5.50. The molecule has 8 heteroatoms. The summed E-state index contributed by atoms with van der Waals surface area (Å²) in [7, 11) is 0. The van der Waals surface area contributed by atoms with Gasteiger partial charge in [-0.3, -0.25) is 4.79 Å². The minimum Gasteiger partial charge on any atom is -0.463 e. The molecule has 0 aliphatic carbocycles. The Morgan fingerprint density at radius 2 is 1.55 bits per heavy atom. The van der Waals surface area contributed by atoms with Crippen molar-refractivity contribution in [1.29, 1.82) is 0 Å². The molecule has 2 aromatic carbocycles. The Hall–Kier alpha value is -3.65. The summed E-state index contributed by atoms with van der Waals surface area (Å²) in [4.78, 5) is 41.3. The monoisotopic (exact) mass is 550 g/mol. The van der Waals surface area contributed by atoms with Crippen LogP contribution < -0.4 is 15.5 Å². The number of para-hydroxylation sites is 1. The molecule has 3 N–H and O–H groups in total. The van der Waals surface area contributed by atoms with Crippen LogP contribution in [0.1, 0.15) is 65.5 Å². The van der Waals surface area contributed by atoms with Crippen LogP contribution >= 0.6 is 0 Å². The van der Waals surface area contributed by atoms with Gasteiger partial charge in [0.05, 0.1) is 26.2 Å². The zero-order valence-electron chi connectivity index (χ0n) is 24.8. The second kappa shape index (κ2) is 13.1. The molecule has 216 valence electrons. The highest BCUT2D eigenvalue weighted by Crippen LogP contribution is 2.56. The molecule has 0 saturated carbocycles. The van der Waals surface area contributed by atoms with Gasteiger partial charge in [0.25, 0.3) is 0 Å². The Kier molecular flexibility index (Phi) is 10.1. The molecular formula is C32H44N3O5+. The highest BCUT2D eigenvalue weighted by molar-refractivity contribution is 6.06. The van der Waals surface area contributed by atoms with Gasteiger partial charge in [0.2, 0.25) is 5.91 Å². The van der Waals surface area contributed by atoms with Crippen molar-refractivity contribution in [3.05, 3.63) is 77.5 Å². The van der Waals surface area contributed by atoms with E-state index in [1.807, 2.05) is 54.6 Å². The first-order valence-corrected chi connectivity index (χ1v) is 14.2. The van der Waals surface area contributed by atoms with Crippen molar-refractivity contribution in [3.63, 3.8) is 0 Å². The lowest BCUT2D eigenvalue weighted by Crippen LogP contribution is -3.11. The van der Waals surface area contributed by atoms with Crippen LogP contribution in [-0.2, 0) is 29.3 Å². The van der Waals surface area contributed by atoms with E-state index in [9.17, 15) is 14.4 Å². The van der Waals surface area contributed by atoms with Crippen LogP contribution in [-0.4, -0.2) is 55.7 Å². The first-order valence-electron chi connectivity index (χ1n) is 14.2. The molecule has 1 amide bonds. The zero-order chi connectivity index (χ0) is 29.5. The SMILES string of the molecule is CCOC(=O)/C=C1\Nc2ccccc2C12C(=O)NC(C(=O)OC(C)(C)C)C2c1ccccc1.CC[NH+](CC)CC. The molecule has 1 fully saturated rings. The van der Waals surface area contributed by atoms with Crippen LogP contribution in [0.5, 0.6) is 0 Å². The molecule has 1 saturated heterocycles. The molecule has 2 aromatic rings. The van der Waals surface area contributed by atoms with Gasteiger partial charge in [-0.15, -0.1) is 0 Å². The van der Waals surface area contributed by atoms with Gasteiger partial charge in [0.15, 0.2) is 0 Å². The van der Waals surface area contributed by atoms with Gasteiger partial charge in [0, 0.05) is 23.4 Å². The number of fused-ring (bicyclic) bond motifs is 2. The quantitative estimate of drug-likeness (QED) is 0.361. The van der Waals surface area contributed by atoms with E-state index in [1.165, 1.54) is 25.7 Å². The molecule has 2 heterocycles. The molecule has 4 rings (SSSR count). The third kappa shape index (κ3) is 6.39. The van der Waals surface area contributed by atoms with Gasteiger partial charge < -0.3 is 25.0 Å². The number of nitrogens with one attached hydrogen (secondary N) is 3. The molecule has 3 unspecified atom stereocenters. The van der Waals surface area contributed by atoms with Crippen molar-refractivity contribution in [2.45, 2.75) is 71.4 Å². The van der Waals surface area contributed by atoms with Crippen LogP contribution in [0.2, 0.25) is 0 Å². The number of anilines is 1. The summed E-state index contributed by atoms with van der Waals surface area (Å²) in [6.45, 7) is 17.8. The standard InChI is InChI=1S/C26H28N2O5.C6H15N/c1-5-32-20(29)15-19-26(17-13-9-10-14-18(17)27-19)21(16-11-7-6-8-12-16)22(28-24(26)31)23(30)33-25(2,3)4;1-4-7(5-2)6-3/h6-15,21-22,27H,5H2,1-4H3,(H,28,31);4-6H2,1-3H3/p+1/b19-15-;. The average Bonchev–Trinajstić information content (AvgIpc) is 3.40. The van der Waals surface area contributed by atoms with Gasteiger partial charge in [0.1, 0.15) is 17.1 Å². The highest BCUT2D eigenvalue weighted by atomic mass is 16.6. The first kappa shape index (κ1) is 30.9. The van der Waals surface area contributed by atoms with Crippen LogP contribution in [0.3, 0.4) is 0 Å². The van der Waals surface area contributed by atoms with E-state index < -0.39 is 34.9 Å². The average molecular weight is 551 g/mol. The van der Waals surface area contributed by atoms with Crippen molar-refractivity contribution >= 4 is 23.5 Å². The number of ether oxygens (including phenoxy) is 2. The van der Waals surface area contributed by atoms with Crippen LogP contribution in [0.15, 0.2) is 66.4 Å². The molecule has 3 atom stereocenters. The molecule has 0 bridgehead atoms. The summed E-state index contributed by atoms with van der Waals surface area (Å²) >= 11 is 0. The fourth-order valence-corrected chi connectivity index (χ4v) is 5.50. The van der Waals surface area contributed by atoms with E-state index in [-0.39, 0.29) is 12.5 Å². The van der Waals surface area contributed by atoms with E-state index in [2.05, 4.69) is 31.4 Å². The molecule has 0 aromatic heterocycles. The maximum Gasteiger partial charge on any atom is 0.332 e. The topological polar surface area (TPSA) is 98.2 Å². The molecule has 2 aliphatic heterocycles. The lowest BCUT2D eigenvalue weighted by Gasteiger charge is -2.32. The van der Waals surface area contributed by atoms with Crippen molar-refractivity contribution < 1.29 is 28.8 Å². The second-order valence-electron chi connectivity index (χ2n) is 11.0. The van der Waals surface area contributed by atoms with Crippen LogP contribution in [0.25, 0.3) is 0 Å². The largest absolute Gasteiger partial charge is 0.463 e. The lowest BCUT2D eigenvalue weighted by atomic mass is 9.66. The molecule has 40 heavy (non-hydrogen) atoms. The predicted molar refractivity (Wildman–Crippen MR) is 156 cm³/mol. The number of hydrogen-bond donors (Lipinski definition) is 3. The fraction of sp³-hybridized carbons (Fsp3) is 0.469. The van der Waals surface area contributed by atoms with Crippen LogP contribution in [0, 0.1) is 0 Å². The van der Waals surface area contributed by atoms with Gasteiger partial charge in [-0.1, -0.05) is 48.5 Å². The van der Waals surface area contributed by atoms with Gasteiger partial charge >= 0.3 is 11.9 Å². The summed E-state index contributed by atoms with van der Waals surface area (Å²) in [5.41, 5.74) is 0.493. The minimum absolute atomic E-state index is 0.206. The summed E-state index contributed by atoms with van der Waals surface area (Å²) in [5.74, 6) is -2.12. The van der Waals surface area contributed by atoms with E-state index in [1.54, 1.807) is 32.6 Å². The molecule has 1 spiro atoms. The van der Waals surface area contributed by atoms with Crippen molar-refractivity contribution in [2.75, 3.05) is 31.6 Å². The smallest absolute Gasteiger partial charge is 0.332 e. The Labute approximate surface area is 238 Å². The number of rotatable bonds is 7. The number of amides is 1. The van der Waals surface area contributed by atoms with E-state index in [0.717, 1.165) is 5.56 Å². The maximum atomic E-state index is 13.8. The molecule has 0 radical (unpaired) electrons. The second-order valence-corrected chi connectivity index (χ2v) is 11.0. The Balaban J connectivity index is 0.000000559. The number of hydrogen-bond acceptors (Lipinski definition) is 6. The van der Waals surface area contributed by atoms with Gasteiger partial charge in [-0.25, -0.2) is 9.59 Å². The number of esters is 2. The maximum absolute atomic E-state index is 13.8. The number of carbonyl (C=O) groups excluding carboxylic acids is 3. The van der Waals surface area contributed by atoms with Crippen molar-refractivity contribution in [2.24, 2.45) is 0 Å². The lowest BCUT2D eigenvalue weighted by molar-refractivity contribution is -0.894. The van der Waals surface area contributed by atoms with Crippen LogP contribution in [0.4, 0.5) is 5.69 Å². The van der Waals surface area contributed by atoms with E-state index in [4.69, 9.17) is 9.47 Å². The van der Waals surface area contributed by atoms with Gasteiger partial charge in [-0.2, -0.15) is 0 Å². The van der Waals surface area contributed by atoms with Crippen molar-refractivity contribution in [1.82, 2.24) is 5.32 Å². The molecular weight excluding hydrogens is 506 g/mol.